The van der Waals surface area contributed by atoms with E-state index in [2.05, 4.69) is 51.0 Å². The molecule has 1 N–H and O–H groups in total. The molecule has 0 fully saturated rings. The van der Waals surface area contributed by atoms with Crippen LogP contribution in [0.1, 0.15) is 19.4 Å². The second-order valence-electron chi connectivity index (χ2n) is 5.19. The van der Waals surface area contributed by atoms with Crippen molar-refractivity contribution in [3.63, 3.8) is 0 Å². The summed E-state index contributed by atoms with van der Waals surface area (Å²) in [5, 5.41) is 4.54. The molecule has 0 amide bonds. The first kappa shape index (κ1) is 15.9. The van der Waals surface area contributed by atoms with Crippen LogP contribution in [0.25, 0.3) is 11.0 Å². The van der Waals surface area contributed by atoms with E-state index in [1.807, 2.05) is 12.3 Å². The molecule has 0 aliphatic carbocycles. The van der Waals surface area contributed by atoms with Crippen LogP contribution in [0.5, 0.6) is 5.75 Å². The third-order valence-corrected chi connectivity index (χ3v) is 4.50. The summed E-state index contributed by atoms with van der Waals surface area (Å²) in [6.07, 6.45) is 2.76. The van der Waals surface area contributed by atoms with Crippen LogP contribution in [0.4, 0.5) is 0 Å². The third kappa shape index (κ3) is 3.38. The molecule has 1 aromatic carbocycles. The summed E-state index contributed by atoms with van der Waals surface area (Å²) in [6.45, 7) is 6.38. The maximum atomic E-state index is 5.68. The first-order valence-electron chi connectivity index (χ1n) is 6.67. The van der Waals surface area contributed by atoms with Crippen molar-refractivity contribution in [2.75, 3.05) is 20.2 Å². The largest absolute Gasteiger partial charge is 0.496 e. The Balaban J connectivity index is 2.24. The van der Waals surface area contributed by atoms with Crippen LogP contribution in [-0.4, -0.2) is 20.2 Å². The summed E-state index contributed by atoms with van der Waals surface area (Å²) >= 11 is 7.14. The van der Waals surface area contributed by atoms with E-state index in [1.165, 1.54) is 5.56 Å². The molecule has 0 spiro atoms. The van der Waals surface area contributed by atoms with Gasteiger partial charge in [-0.3, -0.25) is 0 Å². The second kappa shape index (κ2) is 6.96. The van der Waals surface area contributed by atoms with Crippen LogP contribution < -0.4 is 10.1 Å². The number of nitrogens with one attached hydrogen (secondary N) is 1. The minimum Gasteiger partial charge on any atom is -0.496 e. The van der Waals surface area contributed by atoms with E-state index < -0.39 is 0 Å². The molecule has 2 rings (SSSR count). The predicted octanol–water partition coefficient (Wildman–Crippen LogP) is 4.75. The second-order valence-corrected chi connectivity index (χ2v) is 6.84. The smallest absolute Gasteiger partial charge is 0.149 e. The molecule has 0 aliphatic heterocycles. The van der Waals surface area contributed by atoms with Crippen LogP contribution in [0.3, 0.4) is 0 Å². The molecule has 1 heterocycles. The lowest BCUT2D eigenvalue weighted by atomic mass is 10.1. The van der Waals surface area contributed by atoms with E-state index in [9.17, 15) is 0 Å². The highest BCUT2D eigenvalue weighted by atomic mass is 79.9. The molecular formula is C15H19Br2NO2. The van der Waals surface area contributed by atoms with Crippen molar-refractivity contribution in [1.29, 1.82) is 0 Å². The number of rotatable bonds is 6. The Hall–Kier alpha value is -0.520. The monoisotopic (exact) mass is 403 g/mol. The highest BCUT2D eigenvalue weighted by Crippen LogP contribution is 2.40. The van der Waals surface area contributed by atoms with Crippen LogP contribution in [0.15, 0.2) is 25.7 Å². The Kier molecular flexibility index (Phi) is 5.52. The van der Waals surface area contributed by atoms with Crippen LogP contribution in [-0.2, 0) is 6.42 Å². The van der Waals surface area contributed by atoms with Crippen molar-refractivity contribution in [1.82, 2.24) is 5.32 Å². The molecule has 5 heteroatoms. The van der Waals surface area contributed by atoms with Crippen molar-refractivity contribution in [3.8, 4) is 5.75 Å². The number of methoxy groups -OCH3 is 1. The first-order chi connectivity index (χ1) is 9.54. The van der Waals surface area contributed by atoms with Crippen molar-refractivity contribution < 1.29 is 9.15 Å². The Morgan fingerprint density at radius 1 is 1.35 bits per heavy atom. The van der Waals surface area contributed by atoms with Crippen molar-refractivity contribution >= 4 is 42.8 Å². The molecule has 3 nitrogen and oxygen atoms in total. The highest BCUT2D eigenvalue weighted by Gasteiger charge is 2.16. The summed E-state index contributed by atoms with van der Waals surface area (Å²) in [4.78, 5) is 0. The van der Waals surface area contributed by atoms with Gasteiger partial charge in [0.1, 0.15) is 11.3 Å². The minimum atomic E-state index is 0.664. The molecule has 0 unspecified atom stereocenters. The molecule has 0 saturated heterocycles. The summed E-state index contributed by atoms with van der Waals surface area (Å²) in [5.41, 5.74) is 2.04. The highest BCUT2D eigenvalue weighted by molar-refractivity contribution is 9.11. The van der Waals surface area contributed by atoms with E-state index in [0.29, 0.717) is 5.92 Å². The van der Waals surface area contributed by atoms with Gasteiger partial charge in [0.15, 0.2) is 0 Å². The van der Waals surface area contributed by atoms with E-state index in [-0.39, 0.29) is 0 Å². The maximum Gasteiger partial charge on any atom is 0.149 e. The summed E-state index contributed by atoms with van der Waals surface area (Å²) in [5.74, 6) is 1.47. The third-order valence-electron chi connectivity index (χ3n) is 3.12. The molecule has 0 radical (unpaired) electrons. The van der Waals surface area contributed by atoms with Gasteiger partial charge in [-0.15, -0.1) is 0 Å². The lowest BCUT2D eigenvalue weighted by Crippen LogP contribution is -2.22. The number of fused-ring (bicyclic) bond motifs is 1. The van der Waals surface area contributed by atoms with Crippen molar-refractivity contribution in [2.24, 2.45) is 5.92 Å². The average Bonchev–Trinajstić information content (AvgIpc) is 2.83. The molecule has 0 bridgehead atoms. The maximum absolute atomic E-state index is 5.68. The SMILES string of the molecule is COc1cc(Br)c2occ(CCNCC(C)C)c2c1Br. The number of furan rings is 1. The Morgan fingerprint density at radius 3 is 2.75 bits per heavy atom. The fourth-order valence-corrected chi connectivity index (χ4v) is 3.33. The Labute approximate surface area is 136 Å². The molecule has 0 aliphatic rings. The van der Waals surface area contributed by atoms with Gasteiger partial charge < -0.3 is 14.5 Å². The van der Waals surface area contributed by atoms with Gasteiger partial charge in [0.25, 0.3) is 0 Å². The van der Waals surface area contributed by atoms with Gasteiger partial charge >= 0.3 is 0 Å². The first-order valence-corrected chi connectivity index (χ1v) is 8.26. The molecule has 0 atom stereocenters. The van der Waals surface area contributed by atoms with E-state index >= 15 is 0 Å². The lowest BCUT2D eigenvalue weighted by Gasteiger charge is -2.08. The van der Waals surface area contributed by atoms with Crippen LogP contribution in [0, 0.1) is 5.92 Å². The molecule has 1 aromatic heterocycles. The van der Waals surface area contributed by atoms with Gasteiger partial charge in [0, 0.05) is 10.9 Å². The van der Waals surface area contributed by atoms with Gasteiger partial charge in [0.05, 0.1) is 22.3 Å². The van der Waals surface area contributed by atoms with E-state index in [4.69, 9.17) is 9.15 Å². The molecule has 20 heavy (non-hydrogen) atoms. The normalized spacial score (nSPS) is 11.5. The van der Waals surface area contributed by atoms with Crippen LogP contribution >= 0.6 is 31.9 Å². The van der Waals surface area contributed by atoms with Gasteiger partial charge in [-0.05, 0) is 63.4 Å². The quantitative estimate of drug-likeness (QED) is 0.705. The average molecular weight is 405 g/mol. The molecule has 110 valence electrons. The van der Waals surface area contributed by atoms with Gasteiger partial charge in [-0.2, -0.15) is 0 Å². The number of benzene rings is 1. The number of hydrogen-bond donors (Lipinski definition) is 1. The molecule has 0 saturated carbocycles. The summed E-state index contributed by atoms with van der Waals surface area (Å²) in [6, 6.07) is 1.91. The number of ether oxygens (including phenoxy) is 1. The standard InChI is InChI=1S/C15H19Br2NO2/c1-9(2)7-18-5-4-10-8-20-15-11(16)6-12(19-3)14(17)13(10)15/h6,8-9,18H,4-5,7H2,1-3H3. The summed E-state index contributed by atoms with van der Waals surface area (Å²) < 4.78 is 12.9. The van der Waals surface area contributed by atoms with E-state index in [1.54, 1.807) is 7.11 Å². The van der Waals surface area contributed by atoms with Gasteiger partial charge in [-0.1, -0.05) is 13.8 Å². The summed E-state index contributed by atoms with van der Waals surface area (Å²) in [7, 11) is 1.67. The molecular weight excluding hydrogens is 386 g/mol. The number of hydrogen-bond acceptors (Lipinski definition) is 3. The van der Waals surface area contributed by atoms with Gasteiger partial charge in [0.2, 0.25) is 0 Å². The van der Waals surface area contributed by atoms with Crippen molar-refractivity contribution in [2.45, 2.75) is 20.3 Å². The fraction of sp³-hybridized carbons (Fsp3) is 0.467. The predicted molar refractivity (Wildman–Crippen MR) is 89.6 cm³/mol. The Morgan fingerprint density at radius 2 is 2.10 bits per heavy atom. The fourth-order valence-electron chi connectivity index (χ4n) is 2.12. The topological polar surface area (TPSA) is 34.4 Å². The van der Waals surface area contributed by atoms with E-state index in [0.717, 1.165) is 45.2 Å². The van der Waals surface area contributed by atoms with Crippen molar-refractivity contribution in [3.05, 3.63) is 26.8 Å². The van der Waals surface area contributed by atoms with Crippen LogP contribution in [0.2, 0.25) is 0 Å². The number of halogens is 2. The Bertz CT molecular complexity index is 593. The minimum absolute atomic E-state index is 0.664. The zero-order valence-corrected chi connectivity index (χ0v) is 15.1. The van der Waals surface area contributed by atoms with Gasteiger partial charge in [-0.25, -0.2) is 0 Å². The zero-order valence-electron chi connectivity index (χ0n) is 11.9. The lowest BCUT2D eigenvalue weighted by molar-refractivity contribution is 0.412. The molecule has 2 aromatic rings. The zero-order chi connectivity index (χ0) is 14.7.